The third-order valence-electron chi connectivity index (χ3n) is 0.494. The summed E-state index contributed by atoms with van der Waals surface area (Å²) >= 11 is 0. The summed E-state index contributed by atoms with van der Waals surface area (Å²) in [7, 11) is 0. The van der Waals surface area contributed by atoms with E-state index in [9.17, 15) is 0 Å². The minimum absolute atomic E-state index is 0.522. The monoisotopic (exact) mass is 95.1 g/mol. The molecule has 0 unspecified atom stereocenters. The third kappa shape index (κ3) is 5.23. The van der Waals surface area contributed by atoms with E-state index in [0.717, 1.165) is 6.42 Å². The van der Waals surface area contributed by atoms with Gasteiger partial charge in [-0.1, -0.05) is 12.8 Å². The summed E-state index contributed by atoms with van der Waals surface area (Å²) in [4.78, 5) is 3.85. The lowest BCUT2D eigenvalue weighted by molar-refractivity contribution is 1.24. The Morgan fingerprint density at radius 1 is 1.86 bits per heavy atom. The average Bonchev–Trinajstić information content (AvgIpc) is 1.69. The van der Waals surface area contributed by atoms with Crippen molar-refractivity contribution in [1.82, 2.24) is 0 Å². The van der Waals surface area contributed by atoms with Crippen molar-refractivity contribution in [2.24, 2.45) is 4.99 Å². The zero-order valence-electron chi connectivity index (χ0n) is 4.52. The van der Waals surface area contributed by atoms with Gasteiger partial charge in [-0.15, -0.1) is 6.42 Å². The van der Waals surface area contributed by atoms with Gasteiger partial charge in [0.05, 0.1) is 6.54 Å². The second-order valence-electron chi connectivity index (χ2n) is 1.14. The van der Waals surface area contributed by atoms with Gasteiger partial charge < -0.3 is 0 Å². The lowest BCUT2D eigenvalue weighted by atomic mass is 10.5. The van der Waals surface area contributed by atoms with Crippen LogP contribution in [-0.2, 0) is 0 Å². The summed E-state index contributed by atoms with van der Waals surface area (Å²) in [5, 5.41) is 0. The van der Waals surface area contributed by atoms with E-state index in [1.54, 1.807) is 0 Å². The highest BCUT2D eigenvalue weighted by atomic mass is 14.7. The first-order chi connectivity index (χ1) is 3.41. The Morgan fingerprint density at radius 2 is 2.57 bits per heavy atom. The molecule has 0 saturated heterocycles. The molecule has 0 N–H and O–H groups in total. The summed E-state index contributed by atoms with van der Waals surface area (Å²) < 4.78 is 0. The molecule has 0 aliphatic carbocycles. The quantitative estimate of drug-likeness (QED) is 0.360. The number of rotatable bonds is 2. The molecule has 7 heavy (non-hydrogen) atoms. The predicted molar refractivity (Wildman–Crippen MR) is 32.5 cm³/mol. The fourth-order valence-electron chi connectivity index (χ4n) is 0.246. The van der Waals surface area contributed by atoms with E-state index >= 15 is 0 Å². The maximum Gasteiger partial charge on any atom is 0.0990 e. The minimum atomic E-state index is 0.522. The van der Waals surface area contributed by atoms with Crippen molar-refractivity contribution < 1.29 is 0 Å². The fraction of sp³-hybridized carbons (Fsp3) is 0.500. The molecule has 0 aromatic heterocycles. The van der Waals surface area contributed by atoms with Crippen molar-refractivity contribution in [3.8, 4) is 12.3 Å². The molecule has 0 spiro atoms. The van der Waals surface area contributed by atoms with Gasteiger partial charge in [0, 0.05) is 0 Å². The van der Waals surface area contributed by atoms with Crippen molar-refractivity contribution >= 4 is 6.21 Å². The van der Waals surface area contributed by atoms with Crippen LogP contribution < -0.4 is 0 Å². The van der Waals surface area contributed by atoms with Crippen LogP contribution in [0.25, 0.3) is 0 Å². The molecule has 0 aromatic rings. The van der Waals surface area contributed by atoms with Gasteiger partial charge >= 0.3 is 0 Å². The van der Waals surface area contributed by atoms with E-state index in [-0.39, 0.29) is 0 Å². The van der Waals surface area contributed by atoms with Crippen LogP contribution in [0.3, 0.4) is 0 Å². The SMILES string of the molecule is C#CCN=CCC. The van der Waals surface area contributed by atoms with E-state index in [1.165, 1.54) is 0 Å². The van der Waals surface area contributed by atoms with Crippen LogP contribution >= 0.6 is 0 Å². The first-order valence-corrected chi connectivity index (χ1v) is 2.33. The van der Waals surface area contributed by atoms with Gasteiger partial charge in [0.1, 0.15) is 0 Å². The van der Waals surface area contributed by atoms with Gasteiger partial charge in [0.15, 0.2) is 0 Å². The van der Waals surface area contributed by atoms with Crippen LogP contribution in [0.5, 0.6) is 0 Å². The maximum atomic E-state index is 4.91. The van der Waals surface area contributed by atoms with Crippen molar-refractivity contribution in [2.75, 3.05) is 6.54 Å². The van der Waals surface area contributed by atoms with Crippen LogP contribution in [0.15, 0.2) is 4.99 Å². The molecule has 0 aromatic carbocycles. The lowest BCUT2D eigenvalue weighted by Crippen LogP contribution is -1.72. The molecular formula is C6H9N. The minimum Gasteiger partial charge on any atom is -0.285 e. The first-order valence-electron chi connectivity index (χ1n) is 2.33. The number of terminal acetylenes is 1. The Labute approximate surface area is 44.5 Å². The van der Waals surface area contributed by atoms with E-state index in [1.807, 2.05) is 13.1 Å². The summed E-state index contributed by atoms with van der Waals surface area (Å²) in [6.07, 6.45) is 7.70. The Kier molecular flexibility index (Phi) is 4.65. The summed E-state index contributed by atoms with van der Waals surface area (Å²) in [6.45, 7) is 2.55. The third-order valence-corrected chi connectivity index (χ3v) is 0.494. The van der Waals surface area contributed by atoms with E-state index < -0.39 is 0 Å². The molecule has 0 fully saturated rings. The molecule has 0 atom stereocenters. The fourth-order valence-corrected chi connectivity index (χ4v) is 0.246. The molecule has 0 heterocycles. The van der Waals surface area contributed by atoms with Crippen LogP contribution in [0, 0.1) is 12.3 Å². The molecule has 1 heteroatoms. The van der Waals surface area contributed by atoms with Crippen LogP contribution in [0.4, 0.5) is 0 Å². The highest BCUT2D eigenvalue weighted by Gasteiger charge is 1.63. The predicted octanol–water partition coefficient (Wildman–Crippen LogP) is 1.10. The Bertz CT molecular complexity index is 86.8. The van der Waals surface area contributed by atoms with E-state index in [0.29, 0.717) is 6.54 Å². The average molecular weight is 95.1 g/mol. The topological polar surface area (TPSA) is 12.4 Å². The zero-order valence-corrected chi connectivity index (χ0v) is 4.52. The molecule has 1 nitrogen and oxygen atoms in total. The van der Waals surface area contributed by atoms with E-state index in [2.05, 4.69) is 10.9 Å². The molecule has 0 aliphatic heterocycles. The Balaban J connectivity index is 2.97. The van der Waals surface area contributed by atoms with Crippen LogP contribution in [0.1, 0.15) is 13.3 Å². The molecule has 0 bridgehead atoms. The molecular weight excluding hydrogens is 86.1 g/mol. The first kappa shape index (κ1) is 6.23. The van der Waals surface area contributed by atoms with Gasteiger partial charge in [0.2, 0.25) is 0 Å². The normalized spacial score (nSPS) is 9.14. The summed E-state index contributed by atoms with van der Waals surface area (Å²) in [5.41, 5.74) is 0. The largest absolute Gasteiger partial charge is 0.285 e. The Hall–Kier alpha value is -0.770. The van der Waals surface area contributed by atoms with Gasteiger partial charge in [-0.05, 0) is 12.6 Å². The van der Waals surface area contributed by atoms with Crippen molar-refractivity contribution in [3.63, 3.8) is 0 Å². The van der Waals surface area contributed by atoms with Gasteiger partial charge in [-0.2, -0.15) is 0 Å². The second kappa shape index (κ2) is 5.23. The smallest absolute Gasteiger partial charge is 0.0990 e. The molecule has 0 radical (unpaired) electrons. The number of hydrogen-bond donors (Lipinski definition) is 0. The van der Waals surface area contributed by atoms with Crippen LogP contribution in [-0.4, -0.2) is 12.8 Å². The number of aliphatic imine (C=N–C) groups is 1. The summed E-state index contributed by atoms with van der Waals surface area (Å²) in [6, 6.07) is 0. The van der Waals surface area contributed by atoms with Crippen molar-refractivity contribution in [1.29, 1.82) is 0 Å². The standard InChI is InChI=1S/C6H9N/c1-3-5-7-6-4-2/h1,6H,4-5H2,2H3. The number of nitrogens with zero attached hydrogens (tertiary/aromatic N) is 1. The zero-order chi connectivity index (χ0) is 5.54. The highest BCUT2D eigenvalue weighted by Crippen LogP contribution is 1.67. The molecule has 0 saturated carbocycles. The second-order valence-corrected chi connectivity index (χ2v) is 1.14. The summed E-state index contributed by atoms with van der Waals surface area (Å²) in [5.74, 6) is 2.40. The molecule has 0 rings (SSSR count). The van der Waals surface area contributed by atoms with Gasteiger partial charge in [0.25, 0.3) is 0 Å². The maximum absolute atomic E-state index is 4.91. The number of hydrogen-bond acceptors (Lipinski definition) is 1. The lowest BCUT2D eigenvalue weighted by Gasteiger charge is -1.74. The molecule has 38 valence electrons. The molecule has 0 amide bonds. The van der Waals surface area contributed by atoms with Gasteiger partial charge in [-0.3, -0.25) is 4.99 Å². The van der Waals surface area contributed by atoms with Crippen LogP contribution in [0.2, 0.25) is 0 Å². The highest BCUT2D eigenvalue weighted by molar-refractivity contribution is 5.56. The van der Waals surface area contributed by atoms with Gasteiger partial charge in [-0.25, -0.2) is 0 Å². The Morgan fingerprint density at radius 3 is 3.00 bits per heavy atom. The van der Waals surface area contributed by atoms with Crippen molar-refractivity contribution in [3.05, 3.63) is 0 Å². The molecule has 0 aliphatic rings. The van der Waals surface area contributed by atoms with E-state index in [4.69, 9.17) is 6.42 Å². The van der Waals surface area contributed by atoms with Crippen molar-refractivity contribution in [2.45, 2.75) is 13.3 Å².